The second-order valence-corrected chi connectivity index (χ2v) is 4.71. The lowest BCUT2D eigenvalue weighted by Crippen LogP contribution is -2.10. The van der Waals surface area contributed by atoms with Crippen LogP contribution in [-0.4, -0.2) is 34.0 Å². The fourth-order valence-corrected chi connectivity index (χ4v) is 1.94. The van der Waals surface area contributed by atoms with Crippen LogP contribution in [0.2, 0.25) is 0 Å². The van der Waals surface area contributed by atoms with E-state index in [1.165, 1.54) is 11.9 Å². The fourth-order valence-electron chi connectivity index (χ4n) is 1.94. The maximum Gasteiger partial charge on any atom is 0.204 e. The maximum atomic E-state index is 4.41. The van der Waals surface area contributed by atoms with Crippen molar-refractivity contribution in [3.05, 3.63) is 42.2 Å². The molecule has 0 unspecified atom stereocenters. The summed E-state index contributed by atoms with van der Waals surface area (Å²) in [6.45, 7) is 0.712. The van der Waals surface area contributed by atoms with E-state index in [1.54, 1.807) is 0 Å². The fraction of sp³-hybridized carbons (Fsp3) is 0.214. The molecule has 1 aromatic carbocycles. The Labute approximate surface area is 116 Å². The van der Waals surface area contributed by atoms with Crippen molar-refractivity contribution in [3.8, 4) is 0 Å². The van der Waals surface area contributed by atoms with Crippen LogP contribution in [0.1, 0.15) is 5.56 Å². The third kappa shape index (κ3) is 2.40. The minimum Gasteiger partial charge on any atom is -0.364 e. The van der Waals surface area contributed by atoms with E-state index >= 15 is 0 Å². The molecule has 20 heavy (non-hydrogen) atoms. The van der Waals surface area contributed by atoms with Crippen molar-refractivity contribution >= 4 is 22.9 Å². The number of benzene rings is 1. The third-order valence-electron chi connectivity index (χ3n) is 3.00. The van der Waals surface area contributed by atoms with Gasteiger partial charge in [-0.25, -0.2) is 9.97 Å². The molecule has 0 saturated heterocycles. The molecule has 0 radical (unpaired) electrons. The molecule has 102 valence electrons. The van der Waals surface area contributed by atoms with Crippen LogP contribution in [0.5, 0.6) is 0 Å². The summed E-state index contributed by atoms with van der Waals surface area (Å²) in [5, 5.41) is 3.32. The Bertz CT molecular complexity index is 704. The molecule has 6 nitrogen and oxygen atoms in total. The van der Waals surface area contributed by atoms with Crippen molar-refractivity contribution in [2.24, 2.45) is 0 Å². The summed E-state index contributed by atoms with van der Waals surface area (Å²) in [6.07, 6.45) is 1.52. The zero-order valence-electron chi connectivity index (χ0n) is 11.5. The monoisotopic (exact) mass is 268 g/mol. The van der Waals surface area contributed by atoms with Gasteiger partial charge >= 0.3 is 0 Å². The second-order valence-electron chi connectivity index (χ2n) is 4.71. The van der Waals surface area contributed by atoms with E-state index in [1.807, 2.05) is 37.2 Å². The number of nitrogens with one attached hydrogen (secondary N) is 2. The van der Waals surface area contributed by atoms with Gasteiger partial charge in [0.25, 0.3) is 0 Å². The summed E-state index contributed by atoms with van der Waals surface area (Å²) in [4.78, 5) is 18.0. The number of aromatic nitrogens is 4. The van der Waals surface area contributed by atoms with E-state index in [-0.39, 0.29) is 0 Å². The third-order valence-corrected chi connectivity index (χ3v) is 3.00. The lowest BCUT2D eigenvalue weighted by Gasteiger charge is -2.06. The first kappa shape index (κ1) is 12.4. The van der Waals surface area contributed by atoms with Gasteiger partial charge in [-0.1, -0.05) is 30.3 Å². The van der Waals surface area contributed by atoms with Crippen molar-refractivity contribution < 1.29 is 0 Å². The van der Waals surface area contributed by atoms with Crippen molar-refractivity contribution in [1.29, 1.82) is 0 Å². The highest BCUT2D eigenvalue weighted by Crippen LogP contribution is 2.20. The molecule has 0 aliphatic carbocycles. The van der Waals surface area contributed by atoms with Crippen LogP contribution >= 0.6 is 0 Å². The largest absolute Gasteiger partial charge is 0.364 e. The minimum atomic E-state index is 0.666. The molecule has 3 aromatic rings. The van der Waals surface area contributed by atoms with E-state index in [0.29, 0.717) is 12.2 Å². The molecule has 2 heterocycles. The molecule has 0 amide bonds. The average molecular weight is 268 g/mol. The summed E-state index contributed by atoms with van der Waals surface area (Å²) in [5.41, 5.74) is 2.69. The Hall–Kier alpha value is -2.63. The molecule has 0 saturated carbocycles. The highest BCUT2D eigenvalue weighted by atomic mass is 15.2. The highest BCUT2D eigenvalue weighted by molar-refractivity contribution is 5.84. The Morgan fingerprint density at radius 1 is 1.15 bits per heavy atom. The first-order valence-corrected chi connectivity index (χ1v) is 6.40. The van der Waals surface area contributed by atoms with E-state index in [9.17, 15) is 0 Å². The van der Waals surface area contributed by atoms with Gasteiger partial charge in [0.1, 0.15) is 11.8 Å². The first-order chi connectivity index (χ1) is 9.74. The van der Waals surface area contributed by atoms with Crippen molar-refractivity contribution in [2.75, 3.05) is 24.3 Å². The van der Waals surface area contributed by atoms with Gasteiger partial charge in [-0.15, -0.1) is 0 Å². The quantitative estimate of drug-likeness (QED) is 0.757. The Kier molecular flexibility index (Phi) is 3.20. The zero-order chi connectivity index (χ0) is 13.9. The van der Waals surface area contributed by atoms with Gasteiger partial charge in [0.05, 0.1) is 0 Å². The van der Waals surface area contributed by atoms with Crippen LogP contribution in [0, 0.1) is 0 Å². The molecule has 2 aromatic heterocycles. The van der Waals surface area contributed by atoms with Gasteiger partial charge < -0.3 is 15.2 Å². The molecule has 0 bridgehead atoms. The van der Waals surface area contributed by atoms with Crippen molar-refractivity contribution in [1.82, 2.24) is 19.9 Å². The number of nitrogens with zero attached hydrogens (tertiary/aromatic N) is 4. The number of anilines is 2. The molecular weight excluding hydrogens is 252 g/mol. The summed E-state index contributed by atoms with van der Waals surface area (Å²) < 4.78 is 0. The van der Waals surface area contributed by atoms with Gasteiger partial charge in [-0.3, -0.25) is 0 Å². The van der Waals surface area contributed by atoms with Gasteiger partial charge in [0, 0.05) is 20.6 Å². The number of hydrogen-bond acceptors (Lipinski definition) is 5. The minimum absolute atomic E-state index is 0.666. The van der Waals surface area contributed by atoms with Crippen LogP contribution in [-0.2, 0) is 6.54 Å². The summed E-state index contributed by atoms with van der Waals surface area (Å²) >= 11 is 0. The lowest BCUT2D eigenvalue weighted by atomic mass is 10.2. The van der Waals surface area contributed by atoms with Gasteiger partial charge in [0.2, 0.25) is 5.95 Å². The van der Waals surface area contributed by atoms with Gasteiger partial charge in [0.15, 0.2) is 11.5 Å². The molecule has 0 spiro atoms. The molecule has 3 rings (SSSR count). The molecule has 2 N–H and O–H groups in total. The Morgan fingerprint density at radius 2 is 1.95 bits per heavy atom. The van der Waals surface area contributed by atoms with Crippen LogP contribution in [0.4, 0.5) is 11.8 Å². The number of rotatable bonds is 4. The number of imidazole rings is 1. The normalized spacial score (nSPS) is 10.7. The zero-order valence-corrected chi connectivity index (χ0v) is 11.5. The molecule has 0 aliphatic rings. The van der Waals surface area contributed by atoms with Crippen LogP contribution in [0.15, 0.2) is 36.7 Å². The van der Waals surface area contributed by atoms with Crippen molar-refractivity contribution in [2.45, 2.75) is 6.54 Å². The molecule has 0 fully saturated rings. The standard InChI is InChI=1S/C14H16N6/c1-20(2)14-18-11-12(16-9-17-13(11)19-14)15-8-10-6-4-3-5-7-10/h3-7,9H,8H2,1-2H3,(H2,15,16,17,18,19). The average Bonchev–Trinajstić information content (AvgIpc) is 2.91. The molecule has 6 heteroatoms. The first-order valence-electron chi connectivity index (χ1n) is 6.40. The smallest absolute Gasteiger partial charge is 0.204 e. The second kappa shape index (κ2) is 5.16. The van der Waals surface area contributed by atoms with Crippen LogP contribution in [0.3, 0.4) is 0 Å². The van der Waals surface area contributed by atoms with E-state index in [0.717, 1.165) is 17.3 Å². The summed E-state index contributed by atoms with van der Waals surface area (Å²) in [6, 6.07) is 10.2. The topological polar surface area (TPSA) is 69.7 Å². The van der Waals surface area contributed by atoms with Crippen LogP contribution < -0.4 is 10.2 Å². The maximum absolute atomic E-state index is 4.41. The summed E-state index contributed by atoms with van der Waals surface area (Å²) in [5.74, 6) is 1.53. The molecular formula is C14H16N6. The Morgan fingerprint density at radius 3 is 2.70 bits per heavy atom. The van der Waals surface area contributed by atoms with Crippen molar-refractivity contribution in [3.63, 3.8) is 0 Å². The lowest BCUT2D eigenvalue weighted by molar-refractivity contribution is 1.04. The van der Waals surface area contributed by atoms with Gasteiger partial charge in [-0.05, 0) is 5.56 Å². The van der Waals surface area contributed by atoms with E-state index in [4.69, 9.17) is 0 Å². The Balaban J connectivity index is 1.87. The highest BCUT2D eigenvalue weighted by Gasteiger charge is 2.10. The molecule has 0 atom stereocenters. The van der Waals surface area contributed by atoms with Crippen LogP contribution in [0.25, 0.3) is 11.2 Å². The number of fused-ring (bicyclic) bond motifs is 1. The van der Waals surface area contributed by atoms with E-state index < -0.39 is 0 Å². The van der Waals surface area contributed by atoms with E-state index in [2.05, 4.69) is 37.4 Å². The number of hydrogen-bond donors (Lipinski definition) is 2. The van der Waals surface area contributed by atoms with Gasteiger partial charge in [-0.2, -0.15) is 4.98 Å². The predicted molar refractivity (Wildman–Crippen MR) is 79.8 cm³/mol. The SMILES string of the molecule is CN(C)c1nc2ncnc(NCc3ccccc3)c2[nH]1. The molecule has 0 aliphatic heterocycles. The number of H-pyrrole nitrogens is 1. The predicted octanol–water partition coefficient (Wildman–Crippen LogP) is 2.03. The summed E-state index contributed by atoms with van der Waals surface area (Å²) in [7, 11) is 3.87. The number of aromatic amines is 1.